The predicted molar refractivity (Wildman–Crippen MR) is 71.8 cm³/mol. The summed E-state index contributed by atoms with van der Waals surface area (Å²) in [6.07, 6.45) is 0.299. The molecule has 0 aliphatic rings. The normalized spacial score (nSPS) is 12.8. The maximum absolute atomic E-state index is 10.4. The lowest BCUT2D eigenvalue weighted by atomic mass is 10.0. The van der Waals surface area contributed by atoms with Crippen molar-refractivity contribution < 1.29 is 20.4 Å². The molecule has 106 valence electrons. The van der Waals surface area contributed by atoms with E-state index in [0.717, 1.165) is 0 Å². The summed E-state index contributed by atoms with van der Waals surface area (Å²) in [5, 5.41) is 9.97. The van der Waals surface area contributed by atoms with Crippen molar-refractivity contribution in [3.05, 3.63) is 35.9 Å². The van der Waals surface area contributed by atoms with Gasteiger partial charge in [-0.05, 0) is 26.2 Å². The largest absolute Gasteiger partial charge is 0.550 e. The molecule has 0 saturated carbocycles. The molecule has 0 bridgehead atoms. The summed E-state index contributed by atoms with van der Waals surface area (Å²) in [5.41, 5.74) is 5.21. The Labute approximate surface area is 114 Å². The lowest BCUT2D eigenvalue weighted by Gasteiger charge is -2.08. The third kappa shape index (κ3) is 9.97. The topological polar surface area (TPSA) is 84.8 Å². The number of ketones is 1. The van der Waals surface area contributed by atoms with E-state index in [1.807, 2.05) is 18.2 Å². The van der Waals surface area contributed by atoms with E-state index in [1.165, 1.54) is 12.5 Å². The molecule has 0 aliphatic carbocycles. The number of carboxylic acid groups (broad SMARTS) is 1. The summed E-state index contributed by atoms with van der Waals surface area (Å²) in [4.78, 5) is 20.4. The van der Waals surface area contributed by atoms with Crippen molar-refractivity contribution in [1.82, 2.24) is 0 Å². The van der Waals surface area contributed by atoms with Crippen molar-refractivity contribution in [3.63, 3.8) is 0 Å². The first-order chi connectivity index (χ1) is 8.82. The van der Waals surface area contributed by atoms with E-state index in [-0.39, 0.29) is 18.1 Å². The molecule has 1 unspecified atom stereocenters. The van der Waals surface area contributed by atoms with Gasteiger partial charge in [-0.1, -0.05) is 37.3 Å². The highest BCUT2D eigenvalue weighted by atomic mass is 16.4. The van der Waals surface area contributed by atoms with Crippen LogP contribution in [0.15, 0.2) is 30.3 Å². The third-order valence-electron chi connectivity index (χ3n) is 2.52. The van der Waals surface area contributed by atoms with Crippen LogP contribution in [-0.2, 0) is 9.59 Å². The first kappa shape index (κ1) is 17.3. The Kier molecular flexibility index (Phi) is 8.46. The molecule has 2 atom stereocenters. The molecule has 4 heteroatoms. The van der Waals surface area contributed by atoms with Gasteiger partial charge in [0.25, 0.3) is 0 Å². The van der Waals surface area contributed by atoms with Crippen LogP contribution in [0.25, 0.3) is 0 Å². The number of carbonyl (C=O) groups is 2. The minimum Gasteiger partial charge on any atom is -0.550 e. The molecule has 0 radical (unpaired) electrons. The number of Topliss-reactive ketones (excluding diaryl/α,β-unsaturated/α-hetero) is 1. The van der Waals surface area contributed by atoms with Crippen molar-refractivity contribution in [1.29, 1.82) is 0 Å². The van der Waals surface area contributed by atoms with Crippen molar-refractivity contribution in [2.75, 3.05) is 0 Å². The quantitative estimate of drug-likeness (QED) is 0.851. The highest BCUT2D eigenvalue weighted by Crippen LogP contribution is 2.06. The summed E-state index contributed by atoms with van der Waals surface area (Å²) in [5.74, 6) is -1.16. The van der Waals surface area contributed by atoms with Gasteiger partial charge in [-0.3, -0.25) is 0 Å². The SMILES string of the molecule is CC(=O)C[C@H](C)CC(=O)[O-].CC([NH3+])c1ccccc1. The van der Waals surface area contributed by atoms with Gasteiger partial charge in [0.15, 0.2) is 0 Å². The fraction of sp³-hybridized carbons (Fsp3) is 0.467. The minimum atomic E-state index is -1.09. The van der Waals surface area contributed by atoms with Crippen LogP contribution in [0.2, 0.25) is 0 Å². The second-order valence-corrected chi connectivity index (χ2v) is 4.90. The van der Waals surface area contributed by atoms with Gasteiger partial charge in [-0.25, -0.2) is 0 Å². The van der Waals surface area contributed by atoms with Gasteiger partial charge < -0.3 is 20.4 Å². The van der Waals surface area contributed by atoms with Gasteiger partial charge in [0.05, 0.1) is 0 Å². The molecule has 0 aromatic heterocycles. The van der Waals surface area contributed by atoms with Gasteiger partial charge in [0.2, 0.25) is 0 Å². The number of benzene rings is 1. The van der Waals surface area contributed by atoms with E-state index in [2.05, 4.69) is 24.8 Å². The first-order valence-corrected chi connectivity index (χ1v) is 6.40. The molecule has 0 fully saturated rings. The van der Waals surface area contributed by atoms with Crippen LogP contribution in [0.3, 0.4) is 0 Å². The zero-order valence-corrected chi connectivity index (χ0v) is 11.9. The number of carbonyl (C=O) groups excluding carboxylic acids is 2. The Morgan fingerprint density at radius 1 is 1.16 bits per heavy atom. The molecule has 0 saturated heterocycles. The molecular formula is C15H23NO3. The van der Waals surface area contributed by atoms with E-state index >= 15 is 0 Å². The Hall–Kier alpha value is -1.68. The number of quaternary nitrogens is 1. The molecule has 0 heterocycles. The number of hydrogen-bond donors (Lipinski definition) is 1. The average Bonchev–Trinajstić information content (AvgIpc) is 2.28. The van der Waals surface area contributed by atoms with Crippen LogP contribution in [0.4, 0.5) is 0 Å². The van der Waals surface area contributed by atoms with Crippen molar-refractivity contribution in [2.24, 2.45) is 5.92 Å². The maximum Gasteiger partial charge on any atom is 0.130 e. The second-order valence-electron chi connectivity index (χ2n) is 4.90. The van der Waals surface area contributed by atoms with Crippen LogP contribution >= 0.6 is 0 Å². The number of rotatable bonds is 5. The molecule has 1 rings (SSSR count). The summed E-state index contributed by atoms with van der Waals surface area (Å²) in [6.45, 7) is 5.26. The minimum absolute atomic E-state index is 0.0220. The van der Waals surface area contributed by atoms with Crippen LogP contribution in [-0.4, -0.2) is 11.8 Å². The smallest absolute Gasteiger partial charge is 0.130 e. The van der Waals surface area contributed by atoms with Crippen molar-refractivity contribution >= 4 is 11.8 Å². The van der Waals surface area contributed by atoms with Gasteiger partial charge in [-0.15, -0.1) is 0 Å². The molecular weight excluding hydrogens is 242 g/mol. The maximum atomic E-state index is 10.4. The summed E-state index contributed by atoms with van der Waals surface area (Å²) in [6, 6.07) is 10.7. The van der Waals surface area contributed by atoms with Gasteiger partial charge in [0, 0.05) is 18.0 Å². The van der Waals surface area contributed by atoms with E-state index in [1.54, 1.807) is 6.92 Å². The Bertz CT molecular complexity index is 372. The summed E-state index contributed by atoms with van der Waals surface area (Å²) < 4.78 is 0. The standard InChI is InChI=1S/C8H11N.C7H12O3/c1-7(9)8-5-3-2-4-6-8;1-5(3-6(2)8)4-7(9)10/h2-7H,9H2,1H3;5H,3-4H2,1-2H3,(H,9,10)/t;5-/m.0/s1. The molecule has 0 amide bonds. The Balaban J connectivity index is 0.000000342. The van der Waals surface area contributed by atoms with E-state index < -0.39 is 5.97 Å². The average molecular weight is 265 g/mol. The molecule has 1 aromatic carbocycles. The van der Waals surface area contributed by atoms with Crippen LogP contribution < -0.4 is 10.8 Å². The van der Waals surface area contributed by atoms with Gasteiger partial charge >= 0.3 is 0 Å². The summed E-state index contributed by atoms with van der Waals surface area (Å²) in [7, 11) is 0. The number of aliphatic carboxylic acids is 1. The Morgan fingerprint density at radius 3 is 2.00 bits per heavy atom. The van der Waals surface area contributed by atoms with Gasteiger partial charge in [-0.2, -0.15) is 0 Å². The van der Waals surface area contributed by atoms with Crippen LogP contribution in [0, 0.1) is 5.92 Å². The van der Waals surface area contributed by atoms with E-state index in [4.69, 9.17) is 0 Å². The van der Waals surface area contributed by atoms with E-state index in [0.29, 0.717) is 12.5 Å². The number of carboxylic acids is 1. The molecule has 1 aromatic rings. The zero-order chi connectivity index (χ0) is 14.8. The summed E-state index contributed by atoms with van der Waals surface area (Å²) >= 11 is 0. The fourth-order valence-corrected chi connectivity index (χ4v) is 1.63. The molecule has 19 heavy (non-hydrogen) atoms. The first-order valence-electron chi connectivity index (χ1n) is 6.40. The molecule has 3 N–H and O–H groups in total. The predicted octanol–water partition coefficient (Wildman–Crippen LogP) is 0.731. The van der Waals surface area contributed by atoms with Crippen molar-refractivity contribution in [3.8, 4) is 0 Å². The molecule has 0 spiro atoms. The van der Waals surface area contributed by atoms with Crippen LogP contribution in [0.1, 0.15) is 45.2 Å². The molecule has 4 nitrogen and oxygen atoms in total. The lowest BCUT2D eigenvalue weighted by molar-refractivity contribution is -0.420. The zero-order valence-electron chi connectivity index (χ0n) is 11.9. The lowest BCUT2D eigenvalue weighted by Crippen LogP contribution is -2.51. The second kappa shape index (κ2) is 9.28. The monoisotopic (exact) mass is 265 g/mol. The van der Waals surface area contributed by atoms with E-state index in [9.17, 15) is 14.7 Å². The molecule has 0 aliphatic heterocycles. The Morgan fingerprint density at radius 2 is 1.68 bits per heavy atom. The van der Waals surface area contributed by atoms with Gasteiger partial charge in [0.1, 0.15) is 11.8 Å². The van der Waals surface area contributed by atoms with Crippen LogP contribution in [0.5, 0.6) is 0 Å². The fourth-order valence-electron chi connectivity index (χ4n) is 1.63. The van der Waals surface area contributed by atoms with Crippen molar-refractivity contribution in [2.45, 2.75) is 39.7 Å². The highest BCUT2D eigenvalue weighted by molar-refractivity contribution is 5.76. The number of hydrogen-bond acceptors (Lipinski definition) is 3. The third-order valence-corrected chi connectivity index (χ3v) is 2.52. The highest BCUT2D eigenvalue weighted by Gasteiger charge is 2.04.